The Hall–Kier alpha value is -3.05. The minimum atomic E-state index is -0.241. The third-order valence-electron chi connectivity index (χ3n) is 4.43. The third kappa shape index (κ3) is 3.22. The van der Waals surface area contributed by atoms with E-state index in [1.807, 2.05) is 11.5 Å². The van der Waals surface area contributed by atoms with Gasteiger partial charge < -0.3 is 25.7 Å². The highest BCUT2D eigenvalue weighted by molar-refractivity contribution is 6.05. The van der Waals surface area contributed by atoms with Crippen molar-refractivity contribution in [3.05, 3.63) is 18.0 Å². The van der Waals surface area contributed by atoms with E-state index in [2.05, 4.69) is 35.5 Å². The largest absolute Gasteiger partial charge is 0.379 e. The first kappa shape index (κ1) is 17.4. The van der Waals surface area contributed by atoms with Crippen molar-refractivity contribution in [2.24, 2.45) is 0 Å². The van der Waals surface area contributed by atoms with E-state index in [0.29, 0.717) is 54.4 Å². The Balaban J connectivity index is 1.67. The summed E-state index contributed by atoms with van der Waals surface area (Å²) in [5.41, 5.74) is 7.79. The second-order valence-corrected chi connectivity index (χ2v) is 6.14. The van der Waals surface area contributed by atoms with Gasteiger partial charge in [0.15, 0.2) is 17.3 Å². The van der Waals surface area contributed by atoms with E-state index >= 15 is 0 Å². The SMILES string of the molecule is CCn1c(-c2nonc2N)nc2cncc(C(=O)NC[C@H]3CNCCO3)c21. The molecule has 0 radical (unpaired) electrons. The molecule has 0 spiro atoms. The van der Waals surface area contributed by atoms with Gasteiger partial charge in [-0.3, -0.25) is 9.78 Å². The molecule has 1 amide bonds. The highest BCUT2D eigenvalue weighted by Gasteiger charge is 2.23. The van der Waals surface area contributed by atoms with Crippen LogP contribution < -0.4 is 16.4 Å². The van der Waals surface area contributed by atoms with Gasteiger partial charge in [0.25, 0.3) is 5.91 Å². The van der Waals surface area contributed by atoms with Gasteiger partial charge in [0.1, 0.15) is 5.52 Å². The number of pyridine rings is 1. The number of nitrogens with zero attached hydrogens (tertiary/aromatic N) is 5. The van der Waals surface area contributed by atoms with Crippen LogP contribution in [0.25, 0.3) is 22.6 Å². The number of nitrogens with one attached hydrogen (secondary N) is 2. The zero-order valence-electron chi connectivity index (χ0n) is 14.8. The summed E-state index contributed by atoms with van der Waals surface area (Å²) >= 11 is 0. The fourth-order valence-electron chi connectivity index (χ4n) is 3.15. The Labute approximate surface area is 154 Å². The fourth-order valence-corrected chi connectivity index (χ4v) is 3.15. The normalized spacial score (nSPS) is 17.3. The van der Waals surface area contributed by atoms with Crippen LogP contribution in [0.15, 0.2) is 17.0 Å². The molecule has 4 heterocycles. The molecule has 3 aromatic heterocycles. The number of aromatic nitrogens is 5. The topological polar surface area (TPSA) is 146 Å². The predicted octanol–water partition coefficient (Wildman–Crippen LogP) is -0.198. The Bertz CT molecular complexity index is 960. The molecule has 4 N–H and O–H groups in total. The lowest BCUT2D eigenvalue weighted by molar-refractivity contribution is 0.0287. The number of nitrogen functional groups attached to an aromatic ring is 1. The summed E-state index contributed by atoms with van der Waals surface area (Å²) in [4.78, 5) is 21.5. The summed E-state index contributed by atoms with van der Waals surface area (Å²) in [6.45, 7) is 5.08. The first-order chi connectivity index (χ1) is 13.2. The molecule has 142 valence electrons. The molecule has 1 aliphatic heterocycles. The first-order valence-corrected chi connectivity index (χ1v) is 8.72. The van der Waals surface area contributed by atoms with Gasteiger partial charge in [0.05, 0.1) is 30.0 Å². The molecule has 11 heteroatoms. The van der Waals surface area contributed by atoms with Gasteiger partial charge in [-0.05, 0) is 17.2 Å². The highest BCUT2D eigenvalue weighted by Crippen LogP contribution is 2.28. The summed E-state index contributed by atoms with van der Waals surface area (Å²) in [5, 5.41) is 13.6. The van der Waals surface area contributed by atoms with Crippen LogP contribution in [0.5, 0.6) is 0 Å². The molecule has 0 saturated carbocycles. The van der Waals surface area contributed by atoms with E-state index in [-0.39, 0.29) is 17.8 Å². The predicted molar refractivity (Wildman–Crippen MR) is 95.8 cm³/mol. The summed E-state index contributed by atoms with van der Waals surface area (Å²) in [6.07, 6.45) is 3.07. The molecule has 0 aliphatic carbocycles. The first-order valence-electron chi connectivity index (χ1n) is 8.72. The lowest BCUT2D eigenvalue weighted by atomic mass is 10.2. The van der Waals surface area contributed by atoms with Crippen molar-refractivity contribution >= 4 is 22.8 Å². The van der Waals surface area contributed by atoms with Crippen LogP contribution in [-0.2, 0) is 11.3 Å². The molecule has 27 heavy (non-hydrogen) atoms. The number of rotatable bonds is 5. The summed E-state index contributed by atoms with van der Waals surface area (Å²) in [5.74, 6) is 0.378. The van der Waals surface area contributed by atoms with Gasteiger partial charge in [-0.1, -0.05) is 0 Å². The van der Waals surface area contributed by atoms with Crippen LogP contribution in [0.1, 0.15) is 17.3 Å². The van der Waals surface area contributed by atoms with E-state index in [9.17, 15) is 4.79 Å². The summed E-state index contributed by atoms with van der Waals surface area (Å²) in [6, 6.07) is 0. The second-order valence-electron chi connectivity index (χ2n) is 6.14. The van der Waals surface area contributed by atoms with Crippen LogP contribution in [-0.4, -0.2) is 63.1 Å². The number of ether oxygens (including phenoxy) is 1. The second kappa shape index (κ2) is 7.29. The van der Waals surface area contributed by atoms with Gasteiger partial charge >= 0.3 is 0 Å². The summed E-state index contributed by atoms with van der Waals surface area (Å²) in [7, 11) is 0. The molecule has 0 bridgehead atoms. The standard InChI is InChI=1S/C16H20N8O3/c1-2-24-13-10(16(25)20-6-9-5-18-3-4-26-9)7-19-8-11(13)21-15(24)12-14(17)23-27-22-12/h7-9,18H,2-6H2,1H3,(H2,17,23)(H,20,25)/t9-/m1/s1. The lowest BCUT2D eigenvalue weighted by Crippen LogP contribution is -2.45. The third-order valence-corrected chi connectivity index (χ3v) is 4.43. The number of carbonyl (C=O) groups excluding carboxylic acids is 1. The van der Waals surface area contributed by atoms with Crippen LogP contribution in [0.3, 0.4) is 0 Å². The Morgan fingerprint density at radius 1 is 1.44 bits per heavy atom. The molecule has 0 aromatic carbocycles. The van der Waals surface area contributed by atoms with Crippen molar-refractivity contribution < 1.29 is 14.2 Å². The molecule has 11 nitrogen and oxygen atoms in total. The summed E-state index contributed by atoms with van der Waals surface area (Å²) < 4.78 is 12.1. The number of morpholine rings is 1. The molecule has 0 unspecified atom stereocenters. The molecular formula is C16H20N8O3. The smallest absolute Gasteiger partial charge is 0.255 e. The minimum Gasteiger partial charge on any atom is -0.379 e. The van der Waals surface area contributed by atoms with Crippen molar-refractivity contribution in [2.75, 3.05) is 32.0 Å². The molecule has 1 aliphatic rings. The number of amides is 1. The Morgan fingerprint density at radius 2 is 2.33 bits per heavy atom. The van der Waals surface area contributed by atoms with Gasteiger partial charge in [0, 0.05) is 32.4 Å². The zero-order chi connectivity index (χ0) is 18.8. The highest BCUT2D eigenvalue weighted by atomic mass is 16.6. The molecule has 3 aromatic rings. The molecule has 1 atom stereocenters. The van der Waals surface area contributed by atoms with E-state index in [0.717, 1.165) is 6.54 Å². The van der Waals surface area contributed by atoms with Crippen LogP contribution in [0, 0.1) is 0 Å². The van der Waals surface area contributed by atoms with E-state index < -0.39 is 0 Å². The minimum absolute atomic E-state index is 0.0532. The van der Waals surface area contributed by atoms with Crippen LogP contribution in [0.2, 0.25) is 0 Å². The number of hydrogen-bond acceptors (Lipinski definition) is 9. The number of hydrogen-bond donors (Lipinski definition) is 3. The maximum absolute atomic E-state index is 12.8. The van der Waals surface area contributed by atoms with Crippen molar-refractivity contribution in [3.8, 4) is 11.5 Å². The zero-order valence-corrected chi connectivity index (χ0v) is 14.8. The van der Waals surface area contributed by atoms with Gasteiger partial charge in [0.2, 0.25) is 0 Å². The molecule has 4 rings (SSSR count). The lowest BCUT2D eigenvalue weighted by Gasteiger charge is -2.23. The Morgan fingerprint density at radius 3 is 3.04 bits per heavy atom. The monoisotopic (exact) mass is 372 g/mol. The van der Waals surface area contributed by atoms with Gasteiger partial charge in [-0.15, -0.1) is 0 Å². The van der Waals surface area contributed by atoms with Crippen molar-refractivity contribution in [2.45, 2.75) is 19.6 Å². The maximum atomic E-state index is 12.8. The Kier molecular flexibility index (Phi) is 4.69. The number of nitrogens with two attached hydrogens (primary N) is 1. The van der Waals surface area contributed by atoms with Crippen molar-refractivity contribution in [1.29, 1.82) is 0 Å². The van der Waals surface area contributed by atoms with Crippen LogP contribution in [0.4, 0.5) is 5.82 Å². The fraction of sp³-hybridized carbons (Fsp3) is 0.438. The number of anilines is 1. The number of aryl methyl sites for hydroxylation is 1. The van der Waals surface area contributed by atoms with Crippen molar-refractivity contribution in [1.82, 2.24) is 35.5 Å². The average molecular weight is 372 g/mol. The molecule has 1 saturated heterocycles. The number of fused-ring (bicyclic) bond motifs is 1. The maximum Gasteiger partial charge on any atom is 0.255 e. The number of imidazole rings is 1. The van der Waals surface area contributed by atoms with Crippen LogP contribution >= 0.6 is 0 Å². The van der Waals surface area contributed by atoms with E-state index in [1.165, 1.54) is 6.20 Å². The average Bonchev–Trinajstić information content (AvgIpc) is 3.29. The van der Waals surface area contributed by atoms with Gasteiger partial charge in [-0.2, -0.15) is 0 Å². The number of carbonyl (C=O) groups is 1. The van der Waals surface area contributed by atoms with E-state index in [4.69, 9.17) is 10.5 Å². The van der Waals surface area contributed by atoms with E-state index in [1.54, 1.807) is 6.20 Å². The quantitative estimate of drug-likeness (QED) is 0.554. The molecule has 1 fully saturated rings. The van der Waals surface area contributed by atoms with Crippen molar-refractivity contribution in [3.63, 3.8) is 0 Å². The molecular weight excluding hydrogens is 352 g/mol. The van der Waals surface area contributed by atoms with Gasteiger partial charge in [-0.25, -0.2) is 9.61 Å².